The topological polar surface area (TPSA) is 32.7 Å². The van der Waals surface area contributed by atoms with Crippen molar-refractivity contribution in [3.05, 3.63) is 28.2 Å². The molecule has 1 aromatic carbocycles. The fourth-order valence-corrected chi connectivity index (χ4v) is 3.15. The molecule has 0 aromatic heterocycles. The number of ether oxygens (including phenoxy) is 1. The number of hydrogen-bond donors (Lipinski definition) is 1. The Morgan fingerprint density at radius 2 is 2.21 bits per heavy atom. The van der Waals surface area contributed by atoms with Crippen LogP contribution in [0.2, 0.25) is 0 Å². The summed E-state index contributed by atoms with van der Waals surface area (Å²) in [5, 5.41) is 10.0. The van der Waals surface area contributed by atoms with E-state index >= 15 is 0 Å². The normalized spacial score (nSPS) is 26.3. The number of benzene rings is 1. The highest BCUT2D eigenvalue weighted by Crippen LogP contribution is 2.33. The van der Waals surface area contributed by atoms with E-state index in [0.29, 0.717) is 11.7 Å². The summed E-state index contributed by atoms with van der Waals surface area (Å²) in [4.78, 5) is 2.38. The standard InChI is InChI=1S/C15H22BrNO2/c1-10-6-7-17(9-15(10)19-3)11(2)13-8-12(16)4-5-14(13)18/h4-5,8,10-11,15,18H,6-7,9H2,1-3H3. The molecule has 0 amide bonds. The van der Waals surface area contributed by atoms with Crippen molar-refractivity contribution in [2.45, 2.75) is 32.4 Å². The molecule has 0 aliphatic carbocycles. The van der Waals surface area contributed by atoms with Gasteiger partial charge in [0.25, 0.3) is 0 Å². The van der Waals surface area contributed by atoms with Crippen LogP contribution in [0.3, 0.4) is 0 Å². The van der Waals surface area contributed by atoms with E-state index in [0.717, 1.165) is 29.5 Å². The average Bonchev–Trinajstić information content (AvgIpc) is 2.41. The summed E-state index contributed by atoms with van der Waals surface area (Å²) < 4.78 is 6.56. The predicted octanol–water partition coefficient (Wildman–Crippen LogP) is 3.57. The first-order valence-corrected chi connectivity index (χ1v) is 7.57. The monoisotopic (exact) mass is 327 g/mol. The zero-order valence-corrected chi connectivity index (χ0v) is 13.4. The number of methoxy groups -OCH3 is 1. The molecule has 1 heterocycles. The number of hydrogen-bond acceptors (Lipinski definition) is 3. The van der Waals surface area contributed by atoms with Crippen molar-refractivity contribution in [1.82, 2.24) is 4.90 Å². The van der Waals surface area contributed by atoms with Crippen molar-refractivity contribution >= 4 is 15.9 Å². The minimum Gasteiger partial charge on any atom is -0.508 e. The minimum absolute atomic E-state index is 0.197. The van der Waals surface area contributed by atoms with E-state index in [1.54, 1.807) is 13.2 Å². The summed E-state index contributed by atoms with van der Waals surface area (Å²) in [7, 11) is 1.78. The first-order valence-electron chi connectivity index (χ1n) is 6.78. The molecule has 3 nitrogen and oxygen atoms in total. The maximum atomic E-state index is 10.0. The lowest BCUT2D eigenvalue weighted by Gasteiger charge is -2.39. The molecule has 3 atom stereocenters. The van der Waals surface area contributed by atoms with Crippen LogP contribution >= 0.6 is 15.9 Å². The number of nitrogens with zero attached hydrogens (tertiary/aromatic N) is 1. The van der Waals surface area contributed by atoms with E-state index in [9.17, 15) is 5.11 Å². The average molecular weight is 328 g/mol. The van der Waals surface area contributed by atoms with E-state index in [1.165, 1.54) is 0 Å². The molecule has 1 aliphatic heterocycles. The third kappa shape index (κ3) is 3.30. The molecule has 3 unspecified atom stereocenters. The van der Waals surface area contributed by atoms with Gasteiger partial charge in [-0.05, 0) is 44.0 Å². The van der Waals surface area contributed by atoms with Crippen LogP contribution in [0.25, 0.3) is 0 Å². The Kier molecular flexibility index (Phi) is 4.87. The minimum atomic E-state index is 0.197. The zero-order valence-electron chi connectivity index (χ0n) is 11.8. The smallest absolute Gasteiger partial charge is 0.120 e. The van der Waals surface area contributed by atoms with E-state index in [1.807, 2.05) is 12.1 Å². The summed E-state index contributed by atoms with van der Waals surface area (Å²) >= 11 is 3.47. The molecule has 1 saturated heterocycles. The lowest BCUT2D eigenvalue weighted by Crippen LogP contribution is -2.44. The summed E-state index contributed by atoms with van der Waals surface area (Å²) in [6, 6.07) is 5.81. The number of phenolic OH excluding ortho intramolecular Hbond substituents is 1. The molecule has 106 valence electrons. The third-order valence-corrected chi connectivity index (χ3v) is 4.70. The molecule has 1 fully saturated rings. The van der Waals surface area contributed by atoms with Crippen molar-refractivity contribution in [1.29, 1.82) is 0 Å². The second-order valence-electron chi connectivity index (χ2n) is 5.41. The van der Waals surface area contributed by atoms with Crippen LogP contribution in [0.1, 0.15) is 31.9 Å². The van der Waals surface area contributed by atoms with Crippen molar-refractivity contribution in [2.24, 2.45) is 5.92 Å². The third-order valence-electron chi connectivity index (χ3n) is 4.21. The van der Waals surface area contributed by atoms with Crippen LogP contribution in [0.5, 0.6) is 5.75 Å². The molecule has 0 saturated carbocycles. The van der Waals surface area contributed by atoms with Gasteiger partial charge in [0.05, 0.1) is 6.10 Å². The Hall–Kier alpha value is -0.580. The quantitative estimate of drug-likeness (QED) is 0.921. The Morgan fingerprint density at radius 1 is 1.47 bits per heavy atom. The summed E-state index contributed by atoms with van der Waals surface area (Å²) in [6.07, 6.45) is 1.42. The van der Waals surface area contributed by atoms with Gasteiger partial charge in [-0.3, -0.25) is 4.90 Å². The highest BCUT2D eigenvalue weighted by Gasteiger charge is 2.29. The van der Waals surface area contributed by atoms with Crippen molar-refractivity contribution in [3.8, 4) is 5.75 Å². The maximum Gasteiger partial charge on any atom is 0.120 e. The van der Waals surface area contributed by atoms with Gasteiger partial charge < -0.3 is 9.84 Å². The van der Waals surface area contributed by atoms with Crippen molar-refractivity contribution in [2.75, 3.05) is 20.2 Å². The van der Waals surface area contributed by atoms with Crippen LogP contribution < -0.4 is 0 Å². The summed E-state index contributed by atoms with van der Waals surface area (Å²) in [5.74, 6) is 0.966. The first-order chi connectivity index (χ1) is 9.02. The molecule has 0 spiro atoms. The Balaban J connectivity index is 2.15. The highest BCUT2D eigenvalue weighted by molar-refractivity contribution is 9.10. The van der Waals surface area contributed by atoms with Gasteiger partial charge in [-0.15, -0.1) is 0 Å². The number of rotatable bonds is 3. The molecule has 2 rings (SSSR count). The largest absolute Gasteiger partial charge is 0.508 e. The highest BCUT2D eigenvalue weighted by atomic mass is 79.9. The number of aromatic hydroxyl groups is 1. The van der Waals surface area contributed by atoms with Crippen LogP contribution in [-0.2, 0) is 4.74 Å². The number of phenols is 1. The number of likely N-dealkylation sites (tertiary alicyclic amines) is 1. The molecule has 4 heteroatoms. The molecule has 1 aromatic rings. The first kappa shape index (κ1) is 14.8. The van der Waals surface area contributed by atoms with Crippen LogP contribution in [0.15, 0.2) is 22.7 Å². The molecule has 1 aliphatic rings. The van der Waals surface area contributed by atoms with Gasteiger partial charge in [-0.25, -0.2) is 0 Å². The molecule has 0 bridgehead atoms. The molecular weight excluding hydrogens is 306 g/mol. The van der Waals surface area contributed by atoms with Crippen LogP contribution in [-0.4, -0.2) is 36.3 Å². The van der Waals surface area contributed by atoms with Gasteiger partial charge in [0, 0.05) is 29.7 Å². The predicted molar refractivity (Wildman–Crippen MR) is 80.4 cm³/mol. The Morgan fingerprint density at radius 3 is 2.89 bits per heavy atom. The molecule has 1 N–H and O–H groups in total. The summed E-state index contributed by atoms with van der Waals surface area (Å²) in [5.41, 5.74) is 0.971. The molecule has 0 radical (unpaired) electrons. The van der Waals surface area contributed by atoms with Gasteiger partial charge in [0.15, 0.2) is 0 Å². The number of piperidine rings is 1. The Bertz CT molecular complexity index is 438. The van der Waals surface area contributed by atoms with Crippen molar-refractivity contribution in [3.63, 3.8) is 0 Å². The SMILES string of the molecule is COC1CN(C(C)c2cc(Br)ccc2O)CCC1C. The van der Waals surface area contributed by atoms with E-state index in [4.69, 9.17) is 4.74 Å². The van der Waals surface area contributed by atoms with Crippen LogP contribution in [0, 0.1) is 5.92 Å². The second-order valence-corrected chi connectivity index (χ2v) is 6.33. The maximum absolute atomic E-state index is 10.0. The summed E-state index contributed by atoms with van der Waals surface area (Å²) in [6.45, 7) is 6.36. The molecule has 19 heavy (non-hydrogen) atoms. The van der Waals surface area contributed by atoms with Gasteiger partial charge in [-0.2, -0.15) is 0 Å². The number of halogens is 1. The van der Waals surface area contributed by atoms with E-state index < -0.39 is 0 Å². The second kappa shape index (κ2) is 6.25. The van der Waals surface area contributed by atoms with Gasteiger partial charge in [0.2, 0.25) is 0 Å². The lowest BCUT2D eigenvalue weighted by molar-refractivity contribution is -0.0173. The van der Waals surface area contributed by atoms with Gasteiger partial charge >= 0.3 is 0 Å². The van der Waals surface area contributed by atoms with E-state index in [-0.39, 0.29) is 12.1 Å². The lowest BCUT2D eigenvalue weighted by atomic mass is 9.93. The molecular formula is C15H22BrNO2. The fraction of sp³-hybridized carbons (Fsp3) is 0.600. The zero-order chi connectivity index (χ0) is 14.0. The van der Waals surface area contributed by atoms with Crippen molar-refractivity contribution < 1.29 is 9.84 Å². The van der Waals surface area contributed by atoms with E-state index in [2.05, 4.69) is 34.7 Å². The van der Waals surface area contributed by atoms with Gasteiger partial charge in [0.1, 0.15) is 5.75 Å². The Labute approximate surface area is 123 Å². The fourth-order valence-electron chi connectivity index (χ4n) is 2.77. The van der Waals surface area contributed by atoms with Crippen LogP contribution in [0.4, 0.5) is 0 Å². The van der Waals surface area contributed by atoms with Gasteiger partial charge in [-0.1, -0.05) is 22.9 Å².